The summed E-state index contributed by atoms with van der Waals surface area (Å²) < 4.78 is 0. The second-order valence-electron chi connectivity index (χ2n) is 4.94. The fraction of sp³-hybridized carbons (Fsp3) is 0.833. The maximum atomic E-state index is 11.9. The van der Waals surface area contributed by atoms with Crippen LogP contribution >= 0.6 is 0 Å². The van der Waals surface area contributed by atoms with E-state index in [1.165, 1.54) is 0 Å². The molecule has 0 aromatic carbocycles. The van der Waals surface area contributed by atoms with Gasteiger partial charge in [0.25, 0.3) is 0 Å². The number of amides is 2. The van der Waals surface area contributed by atoms with E-state index in [2.05, 4.69) is 10.6 Å². The lowest BCUT2D eigenvalue weighted by molar-refractivity contribution is -0.130. The van der Waals surface area contributed by atoms with Gasteiger partial charge in [-0.3, -0.25) is 9.59 Å². The van der Waals surface area contributed by atoms with Crippen LogP contribution in [0.1, 0.15) is 32.6 Å². The van der Waals surface area contributed by atoms with Gasteiger partial charge in [0.2, 0.25) is 11.8 Å². The molecule has 1 atom stereocenters. The normalized spacial score (nSPS) is 25.9. The van der Waals surface area contributed by atoms with Gasteiger partial charge < -0.3 is 15.5 Å². The SMILES string of the molecule is CC(=O)N1CCC(NC(=O)C2CCCN2)CC1. The van der Waals surface area contributed by atoms with Gasteiger partial charge in [-0.15, -0.1) is 0 Å². The van der Waals surface area contributed by atoms with Crippen molar-refractivity contribution >= 4 is 11.8 Å². The molecule has 0 bridgehead atoms. The first-order valence-electron chi connectivity index (χ1n) is 6.46. The Morgan fingerprint density at radius 3 is 2.47 bits per heavy atom. The predicted octanol–water partition coefficient (Wildman–Crippen LogP) is -0.134. The van der Waals surface area contributed by atoms with E-state index < -0.39 is 0 Å². The maximum absolute atomic E-state index is 11.9. The monoisotopic (exact) mass is 239 g/mol. The van der Waals surface area contributed by atoms with Crippen LogP contribution in [0.2, 0.25) is 0 Å². The van der Waals surface area contributed by atoms with Crippen LogP contribution in [0.5, 0.6) is 0 Å². The molecule has 0 aromatic rings. The Morgan fingerprint density at radius 1 is 1.24 bits per heavy atom. The van der Waals surface area contributed by atoms with Crippen LogP contribution in [0.25, 0.3) is 0 Å². The van der Waals surface area contributed by atoms with Crippen LogP contribution < -0.4 is 10.6 Å². The summed E-state index contributed by atoms with van der Waals surface area (Å²) in [6.45, 7) is 4.07. The topological polar surface area (TPSA) is 61.4 Å². The highest BCUT2D eigenvalue weighted by molar-refractivity contribution is 5.82. The molecule has 1 unspecified atom stereocenters. The average Bonchev–Trinajstić information content (AvgIpc) is 2.83. The molecule has 2 fully saturated rings. The molecule has 0 saturated carbocycles. The Morgan fingerprint density at radius 2 is 1.94 bits per heavy atom. The van der Waals surface area contributed by atoms with E-state index in [0.717, 1.165) is 45.3 Å². The molecular weight excluding hydrogens is 218 g/mol. The van der Waals surface area contributed by atoms with Gasteiger partial charge in [0.1, 0.15) is 0 Å². The zero-order valence-corrected chi connectivity index (χ0v) is 10.4. The smallest absolute Gasteiger partial charge is 0.237 e. The van der Waals surface area contributed by atoms with Crippen molar-refractivity contribution in [3.05, 3.63) is 0 Å². The molecule has 0 radical (unpaired) electrons. The van der Waals surface area contributed by atoms with Crippen molar-refractivity contribution in [1.82, 2.24) is 15.5 Å². The quantitative estimate of drug-likeness (QED) is 0.705. The van der Waals surface area contributed by atoms with Gasteiger partial charge in [0.15, 0.2) is 0 Å². The second-order valence-corrected chi connectivity index (χ2v) is 4.94. The number of nitrogens with one attached hydrogen (secondary N) is 2. The number of hydrogen-bond donors (Lipinski definition) is 2. The summed E-state index contributed by atoms with van der Waals surface area (Å²) >= 11 is 0. The van der Waals surface area contributed by atoms with E-state index in [4.69, 9.17) is 0 Å². The Hall–Kier alpha value is -1.10. The summed E-state index contributed by atoms with van der Waals surface area (Å²) in [6.07, 6.45) is 3.77. The highest BCUT2D eigenvalue weighted by Crippen LogP contribution is 2.12. The Balaban J connectivity index is 1.74. The second kappa shape index (κ2) is 5.49. The molecule has 2 heterocycles. The first-order valence-corrected chi connectivity index (χ1v) is 6.46. The minimum absolute atomic E-state index is 0.000775. The van der Waals surface area contributed by atoms with Crippen molar-refractivity contribution in [3.63, 3.8) is 0 Å². The molecule has 0 aliphatic carbocycles. The molecule has 2 rings (SSSR count). The van der Waals surface area contributed by atoms with E-state index >= 15 is 0 Å². The van der Waals surface area contributed by atoms with Crippen LogP contribution in [0, 0.1) is 0 Å². The molecule has 17 heavy (non-hydrogen) atoms. The van der Waals surface area contributed by atoms with Crippen LogP contribution in [-0.2, 0) is 9.59 Å². The van der Waals surface area contributed by atoms with Gasteiger partial charge in [-0.05, 0) is 32.2 Å². The third-order valence-electron chi connectivity index (χ3n) is 3.66. The van der Waals surface area contributed by atoms with E-state index in [1.54, 1.807) is 6.92 Å². The van der Waals surface area contributed by atoms with Crippen molar-refractivity contribution in [3.8, 4) is 0 Å². The summed E-state index contributed by atoms with van der Waals surface area (Å²) in [7, 11) is 0. The highest BCUT2D eigenvalue weighted by Gasteiger charge is 2.26. The minimum atomic E-state index is 0.000775. The zero-order valence-electron chi connectivity index (χ0n) is 10.4. The van der Waals surface area contributed by atoms with Crippen molar-refractivity contribution in [2.24, 2.45) is 0 Å². The van der Waals surface area contributed by atoms with Crippen LogP contribution in [0.4, 0.5) is 0 Å². The van der Waals surface area contributed by atoms with E-state index in [1.807, 2.05) is 4.90 Å². The lowest BCUT2D eigenvalue weighted by Crippen LogP contribution is -2.50. The number of rotatable bonds is 2. The number of hydrogen-bond acceptors (Lipinski definition) is 3. The third-order valence-corrected chi connectivity index (χ3v) is 3.66. The van der Waals surface area contributed by atoms with Crippen LogP contribution in [-0.4, -0.2) is 48.4 Å². The molecule has 2 saturated heterocycles. The fourth-order valence-electron chi connectivity index (χ4n) is 2.55. The van der Waals surface area contributed by atoms with Gasteiger partial charge in [-0.1, -0.05) is 0 Å². The van der Waals surface area contributed by atoms with Crippen molar-refractivity contribution < 1.29 is 9.59 Å². The molecule has 5 heteroatoms. The lowest BCUT2D eigenvalue weighted by atomic mass is 10.0. The Bertz CT molecular complexity index is 292. The maximum Gasteiger partial charge on any atom is 0.237 e. The molecular formula is C12H21N3O2. The first kappa shape index (κ1) is 12.4. The molecule has 2 aliphatic heterocycles. The van der Waals surface area contributed by atoms with Crippen molar-refractivity contribution in [2.75, 3.05) is 19.6 Å². The first-order chi connectivity index (χ1) is 8.16. The van der Waals surface area contributed by atoms with Gasteiger partial charge in [-0.25, -0.2) is 0 Å². The minimum Gasteiger partial charge on any atom is -0.352 e. The van der Waals surface area contributed by atoms with Crippen LogP contribution in [0.3, 0.4) is 0 Å². The van der Waals surface area contributed by atoms with Gasteiger partial charge >= 0.3 is 0 Å². The summed E-state index contributed by atoms with van der Waals surface area (Å²) in [6, 6.07) is 0.237. The van der Waals surface area contributed by atoms with Crippen molar-refractivity contribution in [2.45, 2.75) is 44.7 Å². The Labute approximate surface area is 102 Å². The van der Waals surface area contributed by atoms with Gasteiger partial charge in [-0.2, -0.15) is 0 Å². The van der Waals surface area contributed by atoms with Gasteiger partial charge in [0.05, 0.1) is 6.04 Å². The Kier molecular flexibility index (Phi) is 3.99. The molecule has 96 valence electrons. The number of nitrogens with zero attached hydrogens (tertiary/aromatic N) is 1. The molecule has 5 nitrogen and oxygen atoms in total. The summed E-state index contributed by atoms with van der Waals surface area (Å²) in [5, 5.41) is 6.28. The molecule has 0 spiro atoms. The van der Waals surface area contributed by atoms with E-state index in [9.17, 15) is 9.59 Å². The lowest BCUT2D eigenvalue weighted by Gasteiger charge is -2.32. The zero-order chi connectivity index (χ0) is 12.3. The fourth-order valence-corrected chi connectivity index (χ4v) is 2.55. The largest absolute Gasteiger partial charge is 0.352 e. The summed E-state index contributed by atoms with van der Waals surface area (Å²) in [4.78, 5) is 24.9. The van der Waals surface area contributed by atoms with E-state index in [0.29, 0.717) is 0 Å². The number of carbonyl (C=O) groups excluding carboxylic acids is 2. The predicted molar refractivity (Wildman–Crippen MR) is 64.4 cm³/mol. The molecule has 2 aliphatic rings. The van der Waals surface area contributed by atoms with Crippen molar-refractivity contribution in [1.29, 1.82) is 0 Å². The van der Waals surface area contributed by atoms with Crippen LogP contribution in [0.15, 0.2) is 0 Å². The molecule has 0 aromatic heterocycles. The number of piperidine rings is 1. The van der Waals surface area contributed by atoms with E-state index in [-0.39, 0.29) is 23.9 Å². The van der Waals surface area contributed by atoms with Gasteiger partial charge in [0, 0.05) is 26.1 Å². The molecule has 2 N–H and O–H groups in total. The standard InChI is InChI=1S/C12H21N3O2/c1-9(16)15-7-4-10(5-8-15)14-12(17)11-3-2-6-13-11/h10-11,13H,2-8H2,1H3,(H,14,17). The number of likely N-dealkylation sites (tertiary alicyclic amines) is 1. The highest BCUT2D eigenvalue weighted by atomic mass is 16.2. The number of carbonyl (C=O) groups is 2. The summed E-state index contributed by atoms with van der Waals surface area (Å²) in [5.74, 6) is 0.260. The summed E-state index contributed by atoms with van der Waals surface area (Å²) in [5.41, 5.74) is 0. The average molecular weight is 239 g/mol. The third kappa shape index (κ3) is 3.19. The molecule has 2 amide bonds.